The highest BCUT2D eigenvalue weighted by Gasteiger charge is 2.24. The summed E-state index contributed by atoms with van der Waals surface area (Å²) in [6, 6.07) is 21.3. The van der Waals surface area contributed by atoms with Gasteiger partial charge in [0.05, 0.1) is 38.9 Å². The largest absolute Gasteiger partial charge is 0.507 e. The molecule has 0 bridgehead atoms. The van der Waals surface area contributed by atoms with Crippen LogP contribution in [0.5, 0.6) is 5.75 Å². The van der Waals surface area contributed by atoms with Crippen LogP contribution in [-0.2, 0) is 5.41 Å². The van der Waals surface area contributed by atoms with Crippen LogP contribution in [0, 0.1) is 20.7 Å². The van der Waals surface area contributed by atoms with Crippen LogP contribution in [0.25, 0.3) is 72.7 Å². The van der Waals surface area contributed by atoms with Crippen LogP contribution in [0.1, 0.15) is 111 Å². The van der Waals surface area contributed by atoms with Crippen molar-refractivity contribution in [1.82, 2.24) is 14.5 Å². The fraction of sp³-hybridized carbons (Fsp3) is 0.236. The van der Waals surface area contributed by atoms with E-state index in [1.54, 1.807) is 63.5 Å². The predicted octanol–water partition coefficient (Wildman–Crippen LogP) is 14.9. The first-order chi connectivity index (χ1) is 33.3. The zero-order chi connectivity index (χ0) is 53.1. The minimum Gasteiger partial charge on any atom is -0.507 e. The molecule has 0 aliphatic carbocycles. The number of benzene rings is 6. The number of para-hydroxylation sites is 1. The standard InChI is InChI=1S/C55H55N3O/c1-33(2)41-26-42(34(3)4)28-43(27-41)39-19-20-50(36(6)25-39)58-51-18-14-17-47(52(51)57-54(58)48-24-35(5)23-37(7)53(48)59)44-29-45(31-46(30-44)55(8,9)10)49-32-40(21-22-56-49)38-15-12-11-13-16-38/h11-34,59H,1-10H3/i6D3,11D,12D,13D,15D,16D,21D,22D,32D,33D,34D. The molecule has 8 aromatic rings. The molecule has 0 radical (unpaired) electrons. The number of aryl methyl sites for hydroxylation is 3. The molecule has 0 aliphatic heterocycles. The zero-order valence-corrected chi connectivity index (χ0v) is 34.9. The number of hydrogen-bond donors (Lipinski definition) is 1. The first kappa shape index (κ1) is 26.7. The highest BCUT2D eigenvalue weighted by Crippen LogP contribution is 2.42. The second-order valence-electron chi connectivity index (χ2n) is 16.7. The van der Waals surface area contributed by atoms with Crippen LogP contribution in [0.15, 0.2) is 133 Å². The van der Waals surface area contributed by atoms with Gasteiger partial charge in [-0.15, -0.1) is 0 Å². The third-order valence-corrected chi connectivity index (χ3v) is 10.8. The topological polar surface area (TPSA) is 50.9 Å². The summed E-state index contributed by atoms with van der Waals surface area (Å²) in [7, 11) is 0. The average Bonchev–Trinajstić information content (AvgIpc) is 3.69. The van der Waals surface area contributed by atoms with E-state index in [0.717, 1.165) is 11.1 Å². The monoisotopic (exact) mass is 787 g/mol. The molecule has 2 heterocycles. The van der Waals surface area contributed by atoms with Crippen molar-refractivity contribution in [1.29, 1.82) is 0 Å². The maximum Gasteiger partial charge on any atom is 0.149 e. The third kappa shape index (κ3) is 7.72. The van der Waals surface area contributed by atoms with Crippen LogP contribution in [0.3, 0.4) is 0 Å². The van der Waals surface area contributed by atoms with Crippen LogP contribution in [0.2, 0.25) is 0 Å². The quantitative estimate of drug-likeness (QED) is 0.167. The second-order valence-corrected chi connectivity index (χ2v) is 16.7. The molecule has 4 heteroatoms. The van der Waals surface area contributed by atoms with Crippen molar-refractivity contribution >= 4 is 11.0 Å². The van der Waals surface area contributed by atoms with Gasteiger partial charge in [-0.1, -0.05) is 127 Å². The Kier molecular flexibility index (Phi) is 7.00. The van der Waals surface area contributed by atoms with Gasteiger partial charge in [0.1, 0.15) is 11.6 Å². The van der Waals surface area contributed by atoms with Gasteiger partial charge in [-0.2, -0.15) is 0 Å². The fourth-order valence-electron chi connectivity index (χ4n) is 7.48. The Balaban J connectivity index is 1.43. The first-order valence-electron chi connectivity index (χ1n) is 26.1. The Hall–Kier alpha value is -6.26. The van der Waals surface area contributed by atoms with Gasteiger partial charge >= 0.3 is 0 Å². The lowest BCUT2D eigenvalue weighted by atomic mass is 9.83. The Morgan fingerprint density at radius 3 is 2.12 bits per heavy atom. The highest BCUT2D eigenvalue weighted by atomic mass is 16.3. The predicted molar refractivity (Wildman–Crippen MR) is 249 cm³/mol. The number of phenols is 1. The first-order valence-corrected chi connectivity index (χ1v) is 19.6. The SMILES string of the molecule is [2H]c1nc(-c2cc(-c3cccc4c3nc(-c3cc(C)cc(C)c3O)n4-c3ccc(-c4cc(C([2H])(C)C)cc(C([2H])(C)C)c4)cc3C([2H])([2H])[2H])cc(C(C)(C)C)c2)c([2H])c(-c2c([2H])c([2H])c([2H])c([2H])c2[2H])c1[2H]. The van der Waals surface area contributed by atoms with Crippen molar-refractivity contribution in [3.8, 4) is 67.5 Å². The molecule has 0 saturated carbocycles. The van der Waals surface area contributed by atoms with Crippen LogP contribution >= 0.6 is 0 Å². The Bertz CT molecular complexity index is 3480. The number of fused-ring (bicyclic) bond motifs is 1. The summed E-state index contributed by atoms with van der Waals surface area (Å²) < 4.78 is 116. The Morgan fingerprint density at radius 1 is 0.695 bits per heavy atom. The van der Waals surface area contributed by atoms with Crippen molar-refractivity contribution in [2.24, 2.45) is 0 Å². The molecular formula is C55H55N3O. The summed E-state index contributed by atoms with van der Waals surface area (Å²) in [5.74, 6) is -1.82. The molecule has 0 atom stereocenters. The molecule has 1 N–H and O–H groups in total. The maximum atomic E-state index is 11.8. The van der Waals surface area contributed by atoms with Gasteiger partial charge in [-0.05, 0) is 148 Å². The summed E-state index contributed by atoms with van der Waals surface area (Å²) in [5.41, 5.74) is 6.54. The number of pyridine rings is 1. The lowest BCUT2D eigenvalue weighted by molar-refractivity contribution is 0.472. The molecule has 59 heavy (non-hydrogen) atoms. The van der Waals surface area contributed by atoms with Gasteiger partial charge in [0, 0.05) is 24.2 Å². The molecular weight excluding hydrogens is 719 g/mol. The van der Waals surface area contributed by atoms with Gasteiger partial charge in [-0.3, -0.25) is 9.55 Å². The van der Waals surface area contributed by atoms with Gasteiger partial charge in [0.15, 0.2) is 0 Å². The molecule has 0 unspecified atom stereocenters. The lowest BCUT2D eigenvalue weighted by Gasteiger charge is -2.22. The van der Waals surface area contributed by atoms with Crippen LogP contribution in [0.4, 0.5) is 0 Å². The molecule has 0 spiro atoms. The van der Waals surface area contributed by atoms with E-state index in [1.807, 2.05) is 88.4 Å². The molecule has 0 fully saturated rings. The normalized spacial score (nSPS) is 15.6. The molecule has 0 amide bonds. The van der Waals surface area contributed by atoms with Gasteiger partial charge in [-0.25, -0.2) is 4.98 Å². The number of phenolic OH excluding ortho intramolecular Hbond substituents is 1. The van der Waals surface area contributed by atoms with Gasteiger partial charge < -0.3 is 5.11 Å². The van der Waals surface area contributed by atoms with Crippen molar-refractivity contribution in [3.63, 3.8) is 0 Å². The third-order valence-electron chi connectivity index (χ3n) is 10.8. The summed E-state index contributed by atoms with van der Waals surface area (Å²) in [6.07, 6.45) is -0.561. The summed E-state index contributed by atoms with van der Waals surface area (Å²) in [5, 5.41) is 11.8. The average molecular weight is 787 g/mol. The van der Waals surface area contributed by atoms with E-state index in [1.165, 1.54) is 0 Å². The van der Waals surface area contributed by atoms with E-state index in [9.17, 15) is 6.48 Å². The lowest BCUT2D eigenvalue weighted by Crippen LogP contribution is -2.11. The van der Waals surface area contributed by atoms with E-state index in [4.69, 9.17) is 21.4 Å². The summed E-state index contributed by atoms with van der Waals surface area (Å²) >= 11 is 0. The number of rotatable bonds is 8. The van der Waals surface area contributed by atoms with E-state index in [0.29, 0.717) is 61.1 Å². The van der Waals surface area contributed by atoms with Crippen LogP contribution < -0.4 is 0 Å². The van der Waals surface area contributed by atoms with Crippen molar-refractivity contribution in [2.45, 2.75) is 86.4 Å². The van der Waals surface area contributed by atoms with Gasteiger partial charge in [0.25, 0.3) is 0 Å². The number of hydrogen-bond acceptors (Lipinski definition) is 3. The van der Waals surface area contributed by atoms with E-state index in [2.05, 4.69) is 4.98 Å². The molecule has 6 aromatic carbocycles. The molecule has 4 nitrogen and oxygen atoms in total. The molecule has 2 aromatic heterocycles. The van der Waals surface area contributed by atoms with E-state index >= 15 is 0 Å². The van der Waals surface area contributed by atoms with Gasteiger partial charge in [0.2, 0.25) is 0 Å². The number of aromatic hydroxyl groups is 1. The maximum absolute atomic E-state index is 11.8. The Morgan fingerprint density at radius 2 is 1.42 bits per heavy atom. The summed E-state index contributed by atoms with van der Waals surface area (Å²) in [4.78, 5) is 9.68. The molecule has 0 aliphatic rings. The smallest absolute Gasteiger partial charge is 0.149 e. The van der Waals surface area contributed by atoms with Crippen molar-refractivity contribution in [3.05, 3.63) is 167 Å². The highest BCUT2D eigenvalue weighted by molar-refractivity contribution is 5.97. The van der Waals surface area contributed by atoms with Crippen LogP contribution in [-0.4, -0.2) is 19.6 Å². The van der Waals surface area contributed by atoms with E-state index in [-0.39, 0.29) is 39.6 Å². The number of aromatic nitrogens is 3. The second kappa shape index (κ2) is 15.5. The minimum absolute atomic E-state index is 0.0120. The fourth-order valence-corrected chi connectivity index (χ4v) is 7.48. The Labute approximate surface area is 368 Å². The van der Waals surface area contributed by atoms with Crippen molar-refractivity contribution in [2.75, 3.05) is 0 Å². The summed E-state index contributed by atoms with van der Waals surface area (Å²) in [6.45, 7) is 14.1. The molecule has 8 rings (SSSR count). The molecule has 0 saturated heterocycles. The number of imidazole rings is 1. The zero-order valence-electron chi connectivity index (χ0n) is 47.9. The van der Waals surface area contributed by atoms with E-state index < -0.39 is 72.5 Å². The molecule has 296 valence electrons. The van der Waals surface area contributed by atoms with Crippen molar-refractivity contribution < 1.29 is 22.9 Å². The number of nitrogens with zero attached hydrogens (tertiary/aromatic N) is 3. The minimum atomic E-state index is -2.68.